The molecular weight excluding hydrogens is 334 g/mol. The summed E-state index contributed by atoms with van der Waals surface area (Å²) in [5.41, 5.74) is 2.69. The maximum Gasteiger partial charge on any atom is 0.137 e. The quantitative estimate of drug-likeness (QED) is 0.517. The normalized spacial score (nSPS) is 11.9. The average Bonchev–Trinajstić information content (AvgIpc) is 2.62. The predicted molar refractivity (Wildman–Crippen MR) is 114 cm³/mol. The summed E-state index contributed by atoms with van der Waals surface area (Å²) in [7, 11) is 4.44. The van der Waals surface area contributed by atoms with Gasteiger partial charge in [-0.3, -0.25) is 0 Å². The van der Waals surface area contributed by atoms with Crippen LogP contribution in [0, 0.1) is 0 Å². The first-order valence-corrected chi connectivity index (χ1v) is 10.0. The Morgan fingerprint density at radius 2 is 0.963 bits per heavy atom. The lowest BCUT2D eigenvalue weighted by molar-refractivity contribution is -0.890. The summed E-state index contributed by atoms with van der Waals surface area (Å²) in [6.07, 6.45) is 0. The highest BCUT2D eigenvalue weighted by Gasteiger charge is 2.15. The summed E-state index contributed by atoms with van der Waals surface area (Å²) >= 11 is 0. The molecule has 0 bridgehead atoms. The van der Waals surface area contributed by atoms with E-state index in [1.54, 1.807) is 0 Å². The number of benzene rings is 2. The number of nitrogens with zero attached hydrogens (tertiary/aromatic N) is 1. The monoisotopic (exact) mass is 370 g/mol. The third kappa shape index (κ3) is 7.26. The zero-order valence-corrected chi connectivity index (χ0v) is 17.9. The van der Waals surface area contributed by atoms with Crippen molar-refractivity contribution in [3.63, 3.8) is 0 Å². The minimum Gasteiger partial charge on any atom is -0.488 e. The lowest BCUT2D eigenvalue weighted by Crippen LogP contribution is -2.45. The van der Waals surface area contributed by atoms with E-state index >= 15 is 0 Å². The maximum absolute atomic E-state index is 5.92. The second-order valence-corrected chi connectivity index (χ2v) is 8.53. The fourth-order valence-electron chi connectivity index (χ4n) is 2.83. The molecule has 3 heteroatoms. The van der Waals surface area contributed by atoms with E-state index in [1.165, 1.54) is 11.1 Å². The number of quaternary nitrogens is 1. The summed E-state index contributed by atoms with van der Waals surface area (Å²) in [6, 6.07) is 16.9. The van der Waals surface area contributed by atoms with Gasteiger partial charge < -0.3 is 14.0 Å². The highest BCUT2D eigenvalue weighted by atomic mass is 16.5. The van der Waals surface area contributed by atoms with Crippen LogP contribution < -0.4 is 9.47 Å². The van der Waals surface area contributed by atoms with Gasteiger partial charge >= 0.3 is 0 Å². The number of rotatable bonds is 10. The Morgan fingerprint density at radius 3 is 1.26 bits per heavy atom. The summed E-state index contributed by atoms with van der Waals surface area (Å²) < 4.78 is 12.7. The molecule has 0 unspecified atom stereocenters. The van der Waals surface area contributed by atoms with Gasteiger partial charge in [-0.1, -0.05) is 52.0 Å². The predicted octanol–water partition coefficient (Wildman–Crippen LogP) is 5.47. The third-order valence-electron chi connectivity index (χ3n) is 5.02. The molecule has 2 aromatic rings. The summed E-state index contributed by atoms with van der Waals surface area (Å²) in [6.45, 7) is 12.1. The molecule has 0 atom stereocenters. The van der Waals surface area contributed by atoms with Gasteiger partial charge in [-0.15, -0.1) is 0 Å². The topological polar surface area (TPSA) is 18.5 Å². The van der Waals surface area contributed by atoms with Gasteiger partial charge in [0.1, 0.15) is 37.8 Å². The van der Waals surface area contributed by atoms with Gasteiger partial charge in [0.05, 0.1) is 14.1 Å². The molecule has 0 heterocycles. The van der Waals surface area contributed by atoms with E-state index in [1.807, 2.05) is 0 Å². The van der Waals surface area contributed by atoms with E-state index in [0.717, 1.165) is 29.1 Å². The fraction of sp³-hybridized carbons (Fsp3) is 0.500. The highest BCUT2D eigenvalue weighted by Crippen LogP contribution is 2.19. The van der Waals surface area contributed by atoms with Crippen LogP contribution in [0.4, 0.5) is 0 Å². The van der Waals surface area contributed by atoms with Crippen molar-refractivity contribution >= 4 is 0 Å². The molecule has 0 aliphatic heterocycles. The first-order valence-electron chi connectivity index (χ1n) is 10.0. The van der Waals surface area contributed by atoms with Gasteiger partial charge in [0.25, 0.3) is 0 Å². The van der Waals surface area contributed by atoms with Crippen molar-refractivity contribution in [2.24, 2.45) is 0 Å². The van der Waals surface area contributed by atoms with E-state index in [-0.39, 0.29) is 0 Å². The van der Waals surface area contributed by atoms with Crippen LogP contribution in [0.3, 0.4) is 0 Å². The van der Waals surface area contributed by atoms with E-state index < -0.39 is 0 Å². The molecule has 0 N–H and O–H groups in total. The number of hydrogen-bond acceptors (Lipinski definition) is 2. The van der Waals surface area contributed by atoms with Crippen molar-refractivity contribution < 1.29 is 14.0 Å². The molecule has 0 fully saturated rings. The van der Waals surface area contributed by atoms with Crippen LogP contribution in [0.2, 0.25) is 0 Å². The Balaban J connectivity index is 1.71. The van der Waals surface area contributed by atoms with Crippen LogP contribution in [-0.4, -0.2) is 44.9 Å². The van der Waals surface area contributed by atoms with E-state index in [0.29, 0.717) is 25.0 Å². The van der Waals surface area contributed by atoms with Gasteiger partial charge in [0, 0.05) is 0 Å². The molecular formula is C24H36NO2+. The Labute approximate surface area is 165 Å². The number of ether oxygens (including phenoxy) is 2. The molecule has 0 aromatic heterocycles. The Hall–Kier alpha value is -2.00. The Bertz CT molecular complexity index is 613. The lowest BCUT2D eigenvalue weighted by Gasteiger charge is -2.29. The van der Waals surface area contributed by atoms with Gasteiger partial charge in [-0.25, -0.2) is 0 Å². The molecule has 2 aromatic carbocycles. The van der Waals surface area contributed by atoms with Crippen molar-refractivity contribution in [1.29, 1.82) is 0 Å². The molecule has 0 aliphatic carbocycles. The fourth-order valence-corrected chi connectivity index (χ4v) is 2.83. The maximum atomic E-state index is 5.92. The first kappa shape index (κ1) is 21.3. The van der Waals surface area contributed by atoms with Gasteiger partial charge in [0.2, 0.25) is 0 Å². The van der Waals surface area contributed by atoms with Crippen molar-refractivity contribution in [2.45, 2.75) is 39.5 Å². The van der Waals surface area contributed by atoms with Crippen molar-refractivity contribution in [1.82, 2.24) is 0 Å². The zero-order valence-electron chi connectivity index (χ0n) is 17.9. The molecule has 2 rings (SSSR count). The van der Waals surface area contributed by atoms with E-state index in [2.05, 4.69) is 90.3 Å². The van der Waals surface area contributed by atoms with Crippen LogP contribution >= 0.6 is 0 Å². The standard InChI is InChI=1S/C24H36NO2/c1-19(2)21-7-11-23(12-8-21)26-17-15-25(5,6)16-18-27-24-13-9-22(10-14-24)20(3)4/h7-14,19-20H,15-18H2,1-6H3/q+1. The second-order valence-electron chi connectivity index (χ2n) is 8.53. The Kier molecular flexibility index (Phi) is 7.73. The van der Waals surface area contributed by atoms with Gasteiger partial charge in [0.15, 0.2) is 0 Å². The molecule has 3 nitrogen and oxygen atoms in total. The minimum atomic E-state index is 0.552. The molecule has 0 aliphatic rings. The number of hydrogen-bond donors (Lipinski definition) is 0. The van der Waals surface area contributed by atoms with E-state index in [9.17, 15) is 0 Å². The molecule has 0 saturated carbocycles. The van der Waals surface area contributed by atoms with Crippen LogP contribution in [0.15, 0.2) is 48.5 Å². The molecule has 148 valence electrons. The highest BCUT2D eigenvalue weighted by molar-refractivity contribution is 5.29. The molecule has 0 saturated heterocycles. The van der Waals surface area contributed by atoms with Crippen molar-refractivity contribution in [3.8, 4) is 11.5 Å². The molecule has 0 amide bonds. The van der Waals surface area contributed by atoms with Crippen molar-refractivity contribution in [2.75, 3.05) is 40.4 Å². The van der Waals surface area contributed by atoms with Gasteiger partial charge in [-0.05, 0) is 47.2 Å². The SMILES string of the molecule is CC(C)c1ccc(OCC[N+](C)(C)CCOc2ccc(C(C)C)cc2)cc1. The van der Waals surface area contributed by atoms with Crippen LogP contribution in [0.5, 0.6) is 11.5 Å². The third-order valence-corrected chi connectivity index (χ3v) is 5.02. The Morgan fingerprint density at radius 1 is 0.630 bits per heavy atom. The van der Waals surface area contributed by atoms with Crippen LogP contribution in [-0.2, 0) is 0 Å². The van der Waals surface area contributed by atoms with Crippen LogP contribution in [0.1, 0.15) is 50.7 Å². The van der Waals surface area contributed by atoms with Crippen LogP contribution in [0.25, 0.3) is 0 Å². The average molecular weight is 371 g/mol. The largest absolute Gasteiger partial charge is 0.488 e. The molecule has 0 radical (unpaired) electrons. The van der Waals surface area contributed by atoms with Gasteiger partial charge in [-0.2, -0.15) is 0 Å². The molecule has 27 heavy (non-hydrogen) atoms. The molecule has 0 spiro atoms. The summed E-state index contributed by atoms with van der Waals surface area (Å²) in [5.74, 6) is 2.99. The minimum absolute atomic E-state index is 0.552. The van der Waals surface area contributed by atoms with E-state index in [4.69, 9.17) is 9.47 Å². The second kappa shape index (κ2) is 9.80. The van der Waals surface area contributed by atoms with Crippen molar-refractivity contribution in [3.05, 3.63) is 59.7 Å². The lowest BCUT2D eigenvalue weighted by atomic mass is 10.0. The smallest absolute Gasteiger partial charge is 0.137 e. The zero-order chi connectivity index (χ0) is 19.9. The summed E-state index contributed by atoms with van der Waals surface area (Å²) in [4.78, 5) is 0. The number of likely N-dealkylation sites (N-methyl/N-ethyl adjacent to an activating group) is 1. The summed E-state index contributed by atoms with van der Waals surface area (Å²) in [5, 5.41) is 0. The first-order chi connectivity index (χ1) is 12.8.